The van der Waals surface area contributed by atoms with E-state index in [4.69, 9.17) is 4.74 Å². The third-order valence-electron chi connectivity index (χ3n) is 6.28. The zero-order valence-electron chi connectivity index (χ0n) is 21.2. The Labute approximate surface area is 217 Å². The van der Waals surface area contributed by atoms with E-state index in [1.54, 1.807) is 24.3 Å². The van der Waals surface area contributed by atoms with Crippen LogP contribution in [0.3, 0.4) is 0 Å². The van der Waals surface area contributed by atoms with E-state index < -0.39 is 28.5 Å². The molecule has 0 fully saturated rings. The van der Waals surface area contributed by atoms with E-state index in [9.17, 15) is 18.0 Å². The molecule has 3 aromatic carbocycles. The van der Waals surface area contributed by atoms with E-state index in [1.807, 2.05) is 24.3 Å². The summed E-state index contributed by atoms with van der Waals surface area (Å²) in [5, 5.41) is 2.71. The molecule has 0 saturated carbocycles. The van der Waals surface area contributed by atoms with Crippen molar-refractivity contribution in [2.45, 2.75) is 38.1 Å². The molecule has 1 heterocycles. The molecule has 0 unspecified atom stereocenters. The molecule has 1 aliphatic heterocycles. The molecule has 9 heteroatoms. The summed E-state index contributed by atoms with van der Waals surface area (Å²) in [6.45, 7) is 7.03. The normalized spacial score (nSPS) is 12.8. The highest BCUT2D eigenvalue weighted by atomic mass is 32.2. The van der Waals surface area contributed by atoms with Crippen molar-refractivity contribution in [1.82, 2.24) is 0 Å². The van der Waals surface area contributed by atoms with Gasteiger partial charge in [0.1, 0.15) is 0 Å². The highest BCUT2D eigenvalue weighted by Crippen LogP contribution is 2.32. The van der Waals surface area contributed by atoms with Crippen molar-refractivity contribution in [3.8, 4) is 0 Å². The molecular weight excluding hydrogens is 490 g/mol. The lowest BCUT2D eigenvalue weighted by molar-refractivity contribution is -0.119. The smallest absolute Gasteiger partial charge is 0.338 e. The van der Waals surface area contributed by atoms with Gasteiger partial charge in [-0.15, -0.1) is 0 Å². The number of hydrogen-bond donors (Lipinski definition) is 1. The number of nitrogens with zero attached hydrogens (tertiary/aromatic N) is 2. The summed E-state index contributed by atoms with van der Waals surface area (Å²) in [4.78, 5) is 27.2. The number of rotatable bonds is 9. The predicted octanol–water partition coefficient (Wildman–Crippen LogP) is 4.47. The van der Waals surface area contributed by atoms with Crippen LogP contribution in [0.25, 0.3) is 0 Å². The predicted molar refractivity (Wildman–Crippen MR) is 145 cm³/mol. The fraction of sp³-hybridized carbons (Fsp3) is 0.286. The maximum Gasteiger partial charge on any atom is 0.338 e. The zero-order chi connectivity index (χ0) is 26.6. The van der Waals surface area contributed by atoms with Crippen molar-refractivity contribution in [2.75, 3.05) is 34.2 Å². The van der Waals surface area contributed by atoms with Gasteiger partial charge < -0.3 is 15.0 Å². The highest BCUT2D eigenvalue weighted by molar-refractivity contribution is 7.92. The number of ether oxygens (including phenoxy) is 1. The van der Waals surface area contributed by atoms with Gasteiger partial charge in [0, 0.05) is 30.5 Å². The number of esters is 1. The molecule has 1 amide bonds. The summed E-state index contributed by atoms with van der Waals surface area (Å²) in [7, 11) is -3.85. The third-order valence-corrected chi connectivity index (χ3v) is 8.09. The number of amides is 1. The molecule has 1 aliphatic rings. The SMILES string of the molecule is CCN(c1ccc(NC(=O)COC(=O)c2cccc(S(=O)(=O)N3CCc4ccccc43)c2)cc1)C(C)C. The van der Waals surface area contributed by atoms with Crippen molar-refractivity contribution in [1.29, 1.82) is 0 Å². The first-order valence-electron chi connectivity index (χ1n) is 12.2. The minimum absolute atomic E-state index is 0.00860. The number of benzene rings is 3. The topological polar surface area (TPSA) is 96.0 Å². The van der Waals surface area contributed by atoms with Crippen molar-refractivity contribution < 1.29 is 22.7 Å². The van der Waals surface area contributed by atoms with E-state index in [1.165, 1.54) is 28.6 Å². The van der Waals surface area contributed by atoms with Crippen LogP contribution in [0, 0.1) is 0 Å². The molecule has 37 heavy (non-hydrogen) atoms. The molecule has 0 saturated heterocycles. The van der Waals surface area contributed by atoms with Crippen molar-refractivity contribution in [3.63, 3.8) is 0 Å². The van der Waals surface area contributed by atoms with Gasteiger partial charge >= 0.3 is 5.97 Å². The lowest BCUT2D eigenvalue weighted by Gasteiger charge is -2.27. The number of nitrogens with one attached hydrogen (secondary N) is 1. The number of hydrogen-bond acceptors (Lipinski definition) is 6. The highest BCUT2D eigenvalue weighted by Gasteiger charge is 2.31. The number of sulfonamides is 1. The Kier molecular flexibility index (Phi) is 7.83. The van der Waals surface area contributed by atoms with E-state index in [0.29, 0.717) is 30.4 Å². The number of anilines is 3. The third kappa shape index (κ3) is 5.77. The summed E-state index contributed by atoms with van der Waals surface area (Å²) >= 11 is 0. The largest absolute Gasteiger partial charge is 0.452 e. The summed E-state index contributed by atoms with van der Waals surface area (Å²) in [5.41, 5.74) is 3.30. The minimum Gasteiger partial charge on any atom is -0.452 e. The van der Waals surface area contributed by atoms with Crippen LogP contribution in [0.1, 0.15) is 36.7 Å². The van der Waals surface area contributed by atoms with Gasteiger partial charge in [-0.1, -0.05) is 24.3 Å². The molecule has 8 nitrogen and oxygen atoms in total. The van der Waals surface area contributed by atoms with Gasteiger partial charge in [-0.05, 0) is 81.3 Å². The van der Waals surface area contributed by atoms with Gasteiger partial charge in [0.05, 0.1) is 16.1 Å². The van der Waals surface area contributed by atoms with Crippen LogP contribution in [0.4, 0.5) is 17.1 Å². The summed E-state index contributed by atoms with van der Waals surface area (Å²) in [6, 6.07) is 20.8. The van der Waals surface area contributed by atoms with Crippen LogP contribution in [-0.4, -0.2) is 46.0 Å². The van der Waals surface area contributed by atoms with Crippen molar-refractivity contribution in [2.24, 2.45) is 0 Å². The van der Waals surface area contributed by atoms with Crippen LogP contribution in [0.5, 0.6) is 0 Å². The first-order chi connectivity index (χ1) is 17.7. The monoisotopic (exact) mass is 521 g/mol. The van der Waals surface area contributed by atoms with Crippen molar-refractivity contribution >= 4 is 39.0 Å². The fourth-order valence-electron chi connectivity index (χ4n) is 4.46. The second-order valence-corrected chi connectivity index (χ2v) is 10.9. The molecule has 4 rings (SSSR count). The maximum atomic E-state index is 13.3. The molecule has 0 spiro atoms. The van der Waals surface area contributed by atoms with E-state index in [2.05, 4.69) is 31.0 Å². The maximum absolute atomic E-state index is 13.3. The fourth-order valence-corrected chi connectivity index (χ4v) is 6.01. The number of fused-ring (bicyclic) bond motifs is 1. The molecule has 1 N–H and O–H groups in total. The Bertz CT molecular complexity index is 1390. The van der Waals surface area contributed by atoms with Gasteiger partial charge in [-0.25, -0.2) is 13.2 Å². The van der Waals surface area contributed by atoms with Crippen LogP contribution in [0.15, 0.2) is 77.7 Å². The summed E-state index contributed by atoms with van der Waals surface area (Å²) in [6.07, 6.45) is 0.629. The first-order valence-corrected chi connectivity index (χ1v) is 13.7. The summed E-state index contributed by atoms with van der Waals surface area (Å²) in [5.74, 6) is -1.27. The minimum atomic E-state index is -3.85. The van der Waals surface area contributed by atoms with E-state index >= 15 is 0 Å². The quantitative estimate of drug-likeness (QED) is 0.418. The molecule has 194 valence electrons. The van der Waals surface area contributed by atoms with Gasteiger partial charge in [0.25, 0.3) is 15.9 Å². The second kappa shape index (κ2) is 11.0. The molecule has 0 aromatic heterocycles. The molecule has 0 bridgehead atoms. The average molecular weight is 522 g/mol. The van der Waals surface area contributed by atoms with Gasteiger partial charge in [-0.2, -0.15) is 0 Å². The number of para-hydroxylation sites is 1. The molecular formula is C28H31N3O5S. The van der Waals surface area contributed by atoms with Gasteiger partial charge in [0.2, 0.25) is 0 Å². The summed E-state index contributed by atoms with van der Waals surface area (Å²) < 4.78 is 33.0. The Balaban J connectivity index is 1.37. The standard InChI is InChI=1S/C28H31N3O5S/c1-4-30(20(2)3)24-14-12-23(13-15-24)29-27(32)19-36-28(33)22-9-7-10-25(18-22)37(34,35)31-17-16-21-8-5-6-11-26(21)31/h5-15,18,20H,4,16-17,19H2,1-3H3,(H,29,32). The van der Waals surface area contributed by atoms with E-state index in [0.717, 1.165) is 17.8 Å². The van der Waals surface area contributed by atoms with Gasteiger partial charge in [0.15, 0.2) is 6.61 Å². The van der Waals surface area contributed by atoms with Crippen LogP contribution >= 0.6 is 0 Å². The average Bonchev–Trinajstić information content (AvgIpc) is 3.34. The molecule has 3 aromatic rings. The van der Waals surface area contributed by atoms with Crippen molar-refractivity contribution in [3.05, 3.63) is 83.9 Å². The van der Waals surface area contributed by atoms with Gasteiger partial charge in [-0.3, -0.25) is 9.10 Å². The Morgan fingerprint density at radius 1 is 1.03 bits per heavy atom. The second-order valence-electron chi connectivity index (χ2n) is 9.03. The van der Waals surface area contributed by atoms with E-state index in [-0.39, 0.29) is 10.5 Å². The Morgan fingerprint density at radius 2 is 1.76 bits per heavy atom. The lowest BCUT2D eigenvalue weighted by atomic mass is 10.2. The lowest BCUT2D eigenvalue weighted by Crippen LogP contribution is -2.30. The Hall–Kier alpha value is -3.85. The molecule has 0 radical (unpaired) electrons. The van der Waals surface area contributed by atoms with Crippen LogP contribution in [-0.2, 0) is 26.0 Å². The molecule has 0 atom stereocenters. The zero-order valence-corrected chi connectivity index (χ0v) is 22.0. The first kappa shape index (κ1) is 26.2. The Morgan fingerprint density at radius 3 is 2.46 bits per heavy atom. The molecule has 0 aliphatic carbocycles. The van der Waals surface area contributed by atoms with Crippen LogP contribution in [0.2, 0.25) is 0 Å². The number of carbonyl (C=O) groups excluding carboxylic acids is 2. The van der Waals surface area contributed by atoms with Crippen LogP contribution < -0.4 is 14.5 Å². The number of carbonyl (C=O) groups is 2.